The van der Waals surface area contributed by atoms with Crippen molar-refractivity contribution < 1.29 is 9.53 Å². The highest BCUT2D eigenvalue weighted by atomic mass is 16.5. The van der Waals surface area contributed by atoms with E-state index in [1.54, 1.807) is 6.07 Å². The lowest BCUT2D eigenvalue weighted by Crippen LogP contribution is -2.22. The molecule has 0 unspecified atom stereocenters. The SMILES string of the molecule is Cc1cc2c(C(N)=O)cccc2n1-c1nc(NCc2ccccc2)c2c(n1)[C@@H](OC(C)C)CCC2. The van der Waals surface area contributed by atoms with Crippen LogP contribution in [0.3, 0.4) is 0 Å². The second-order valence-electron chi connectivity index (χ2n) is 9.36. The van der Waals surface area contributed by atoms with E-state index in [4.69, 9.17) is 20.4 Å². The summed E-state index contributed by atoms with van der Waals surface area (Å²) in [7, 11) is 0. The van der Waals surface area contributed by atoms with Gasteiger partial charge >= 0.3 is 0 Å². The molecule has 2 aromatic carbocycles. The summed E-state index contributed by atoms with van der Waals surface area (Å²) in [5.41, 5.74) is 11.2. The van der Waals surface area contributed by atoms with E-state index in [0.717, 1.165) is 52.9 Å². The lowest BCUT2D eigenvalue weighted by atomic mass is 9.93. The van der Waals surface area contributed by atoms with E-state index in [1.165, 1.54) is 5.56 Å². The molecule has 0 bridgehead atoms. The molecule has 1 aliphatic carbocycles. The Bertz CT molecular complexity index is 1380. The van der Waals surface area contributed by atoms with Gasteiger partial charge in [-0.1, -0.05) is 36.4 Å². The van der Waals surface area contributed by atoms with Gasteiger partial charge in [-0.05, 0) is 63.8 Å². The maximum absolute atomic E-state index is 12.0. The van der Waals surface area contributed by atoms with Crippen LogP contribution in [0.4, 0.5) is 5.82 Å². The molecule has 0 spiro atoms. The summed E-state index contributed by atoms with van der Waals surface area (Å²) in [5.74, 6) is 0.945. The highest BCUT2D eigenvalue weighted by molar-refractivity contribution is 6.06. The minimum Gasteiger partial charge on any atom is -0.369 e. The van der Waals surface area contributed by atoms with Crippen LogP contribution in [-0.2, 0) is 17.7 Å². The third-order valence-electron chi connectivity index (χ3n) is 6.46. The molecule has 0 aliphatic heterocycles. The summed E-state index contributed by atoms with van der Waals surface area (Å²) >= 11 is 0. The highest BCUT2D eigenvalue weighted by Gasteiger charge is 2.28. The van der Waals surface area contributed by atoms with Gasteiger partial charge in [0.25, 0.3) is 0 Å². The number of aryl methyl sites for hydroxylation is 1. The van der Waals surface area contributed by atoms with Crippen LogP contribution in [0.1, 0.15) is 65.7 Å². The number of fused-ring (bicyclic) bond motifs is 2. The van der Waals surface area contributed by atoms with E-state index >= 15 is 0 Å². The van der Waals surface area contributed by atoms with Crippen LogP contribution in [0.25, 0.3) is 16.9 Å². The standard InChI is InChI=1S/C28H31N5O2/c1-17(2)35-24-14-8-12-21-25(24)31-28(32-27(21)30-16-19-9-5-4-6-10-19)33-18(3)15-22-20(26(29)34)11-7-13-23(22)33/h4-7,9-11,13,15,17,24H,8,12,14,16H2,1-3H3,(H2,29,34)(H,30,31,32)/t24-/m0/s1. The predicted octanol–water partition coefficient (Wildman–Crippen LogP) is 5.24. The molecule has 180 valence electrons. The molecule has 0 saturated heterocycles. The van der Waals surface area contributed by atoms with Gasteiger partial charge in [0.1, 0.15) is 11.9 Å². The summed E-state index contributed by atoms with van der Waals surface area (Å²) in [6.45, 7) is 6.77. The predicted molar refractivity (Wildman–Crippen MR) is 138 cm³/mol. The molecule has 0 fully saturated rings. The first-order chi connectivity index (χ1) is 16.9. The molecular formula is C28H31N5O2. The zero-order valence-electron chi connectivity index (χ0n) is 20.4. The van der Waals surface area contributed by atoms with Gasteiger partial charge in [0.2, 0.25) is 11.9 Å². The number of hydrogen-bond donors (Lipinski definition) is 2. The largest absolute Gasteiger partial charge is 0.369 e. The van der Waals surface area contributed by atoms with Gasteiger partial charge in [-0.3, -0.25) is 9.36 Å². The Labute approximate surface area is 205 Å². The number of rotatable bonds is 7. The Morgan fingerprint density at radius 3 is 2.71 bits per heavy atom. The molecule has 4 aromatic rings. The van der Waals surface area contributed by atoms with Crippen LogP contribution in [0, 0.1) is 6.92 Å². The molecule has 0 saturated carbocycles. The van der Waals surface area contributed by atoms with Crippen molar-refractivity contribution >= 4 is 22.6 Å². The number of hydrogen-bond acceptors (Lipinski definition) is 5. The average Bonchev–Trinajstić information content (AvgIpc) is 3.18. The van der Waals surface area contributed by atoms with Gasteiger partial charge in [0, 0.05) is 28.8 Å². The number of primary amides is 1. The van der Waals surface area contributed by atoms with Gasteiger partial charge in [-0.15, -0.1) is 0 Å². The van der Waals surface area contributed by atoms with Crippen molar-refractivity contribution in [3.8, 4) is 5.95 Å². The summed E-state index contributed by atoms with van der Waals surface area (Å²) in [4.78, 5) is 22.1. The number of carbonyl (C=O) groups is 1. The van der Waals surface area contributed by atoms with Crippen molar-refractivity contribution in [3.63, 3.8) is 0 Å². The smallest absolute Gasteiger partial charge is 0.249 e. The Balaban J connectivity index is 1.66. The lowest BCUT2D eigenvalue weighted by molar-refractivity contribution is -0.00558. The molecule has 1 atom stereocenters. The number of benzene rings is 2. The van der Waals surface area contributed by atoms with Crippen LogP contribution < -0.4 is 11.1 Å². The second kappa shape index (κ2) is 9.50. The molecule has 7 nitrogen and oxygen atoms in total. The number of carbonyl (C=O) groups excluding carboxylic acids is 1. The van der Waals surface area contributed by atoms with E-state index in [2.05, 4.69) is 31.3 Å². The highest BCUT2D eigenvalue weighted by Crippen LogP contribution is 2.37. The van der Waals surface area contributed by atoms with Crippen molar-refractivity contribution in [1.82, 2.24) is 14.5 Å². The first-order valence-electron chi connectivity index (χ1n) is 12.2. The zero-order valence-corrected chi connectivity index (χ0v) is 20.4. The van der Waals surface area contributed by atoms with Gasteiger partial charge < -0.3 is 15.8 Å². The molecule has 35 heavy (non-hydrogen) atoms. The fraction of sp³-hybridized carbons (Fsp3) is 0.321. The minimum atomic E-state index is -0.449. The number of amides is 1. The zero-order chi connectivity index (χ0) is 24.5. The molecule has 5 rings (SSSR count). The third kappa shape index (κ3) is 4.51. The average molecular weight is 470 g/mol. The number of aromatic nitrogens is 3. The van der Waals surface area contributed by atoms with Crippen LogP contribution in [0.2, 0.25) is 0 Å². The Morgan fingerprint density at radius 2 is 1.97 bits per heavy atom. The maximum atomic E-state index is 12.0. The monoisotopic (exact) mass is 469 g/mol. The van der Waals surface area contributed by atoms with Crippen LogP contribution >= 0.6 is 0 Å². The second-order valence-corrected chi connectivity index (χ2v) is 9.36. The van der Waals surface area contributed by atoms with E-state index in [-0.39, 0.29) is 12.2 Å². The summed E-state index contributed by atoms with van der Waals surface area (Å²) in [6.07, 6.45) is 2.87. The lowest BCUT2D eigenvalue weighted by Gasteiger charge is -2.28. The number of ether oxygens (including phenoxy) is 1. The molecule has 0 radical (unpaired) electrons. The van der Waals surface area contributed by atoms with Gasteiger partial charge in [-0.25, -0.2) is 4.98 Å². The Hall–Kier alpha value is -3.71. The molecular weight excluding hydrogens is 438 g/mol. The number of nitrogens with two attached hydrogens (primary N) is 1. The van der Waals surface area contributed by atoms with E-state index in [1.807, 2.05) is 47.9 Å². The van der Waals surface area contributed by atoms with Crippen molar-refractivity contribution in [3.05, 3.63) is 82.7 Å². The van der Waals surface area contributed by atoms with E-state index in [9.17, 15) is 4.79 Å². The summed E-state index contributed by atoms with van der Waals surface area (Å²) in [5, 5.41) is 4.37. The topological polar surface area (TPSA) is 95.1 Å². The molecule has 2 aromatic heterocycles. The number of anilines is 1. The van der Waals surface area contributed by atoms with Crippen LogP contribution in [0.15, 0.2) is 54.6 Å². The van der Waals surface area contributed by atoms with Crippen molar-refractivity contribution in [1.29, 1.82) is 0 Å². The first kappa shape index (κ1) is 23.1. The van der Waals surface area contributed by atoms with Crippen LogP contribution in [-0.4, -0.2) is 26.5 Å². The third-order valence-corrected chi connectivity index (χ3v) is 6.46. The quantitative estimate of drug-likeness (QED) is 0.386. The molecule has 2 heterocycles. The van der Waals surface area contributed by atoms with Gasteiger partial charge in [-0.2, -0.15) is 4.98 Å². The van der Waals surface area contributed by atoms with E-state index in [0.29, 0.717) is 18.1 Å². The maximum Gasteiger partial charge on any atom is 0.249 e. The Morgan fingerprint density at radius 1 is 1.17 bits per heavy atom. The Kier molecular flexibility index (Phi) is 6.26. The fourth-order valence-electron chi connectivity index (χ4n) is 4.94. The van der Waals surface area contributed by atoms with Crippen molar-refractivity contribution in [2.45, 2.75) is 58.8 Å². The summed E-state index contributed by atoms with van der Waals surface area (Å²) in [6, 6.07) is 17.8. The molecule has 1 amide bonds. The molecule has 3 N–H and O–H groups in total. The van der Waals surface area contributed by atoms with Crippen LogP contribution in [0.5, 0.6) is 0 Å². The molecule has 1 aliphatic rings. The first-order valence-corrected chi connectivity index (χ1v) is 12.2. The number of nitrogens with zero attached hydrogens (tertiary/aromatic N) is 3. The molecule has 7 heteroatoms. The van der Waals surface area contributed by atoms with Gasteiger partial charge in [0.15, 0.2) is 0 Å². The number of nitrogens with one attached hydrogen (secondary N) is 1. The summed E-state index contributed by atoms with van der Waals surface area (Å²) < 4.78 is 8.28. The normalized spacial score (nSPS) is 15.4. The fourth-order valence-corrected chi connectivity index (χ4v) is 4.94. The van der Waals surface area contributed by atoms with Crippen molar-refractivity contribution in [2.75, 3.05) is 5.32 Å². The van der Waals surface area contributed by atoms with Gasteiger partial charge in [0.05, 0.1) is 17.3 Å². The van der Waals surface area contributed by atoms with E-state index < -0.39 is 5.91 Å². The van der Waals surface area contributed by atoms with Crippen molar-refractivity contribution in [2.24, 2.45) is 5.73 Å². The minimum absolute atomic E-state index is 0.0823.